The third-order valence-corrected chi connectivity index (χ3v) is 3.79. The molecule has 2 aliphatic heterocycles. The van der Waals surface area contributed by atoms with Crippen molar-refractivity contribution >= 4 is 5.69 Å². The summed E-state index contributed by atoms with van der Waals surface area (Å²) >= 11 is 0. The summed E-state index contributed by atoms with van der Waals surface area (Å²) in [7, 11) is 0. The van der Waals surface area contributed by atoms with Crippen molar-refractivity contribution in [3.8, 4) is 0 Å². The lowest BCUT2D eigenvalue weighted by Crippen LogP contribution is -2.37. The number of piperidine rings is 1. The Morgan fingerprint density at radius 1 is 1.06 bits per heavy atom. The lowest BCUT2D eigenvalue weighted by molar-refractivity contribution is -0.137. The summed E-state index contributed by atoms with van der Waals surface area (Å²) in [6.45, 7) is 2.55. The van der Waals surface area contributed by atoms with Gasteiger partial charge in [0.2, 0.25) is 0 Å². The van der Waals surface area contributed by atoms with Crippen LogP contribution in [0.5, 0.6) is 0 Å². The van der Waals surface area contributed by atoms with Crippen molar-refractivity contribution < 1.29 is 17.9 Å². The van der Waals surface area contributed by atoms with Crippen LogP contribution in [0.3, 0.4) is 0 Å². The molecule has 1 aromatic rings. The Kier molecular flexibility index (Phi) is 2.55. The number of hydrogen-bond acceptors (Lipinski definition) is 2. The molecule has 2 heterocycles. The van der Waals surface area contributed by atoms with Crippen LogP contribution in [-0.2, 0) is 10.9 Å². The van der Waals surface area contributed by atoms with E-state index in [1.165, 1.54) is 0 Å². The maximum Gasteiger partial charge on any atom is 0.416 e. The average molecular weight is 257 g/mol. The summed E-state index contributed by atoms with van der Waals surface area (Å²) in [5, 5.41) is 0. The van der Waals surface area contributed by atoms with Crippen LogP contribution in [-0.4, -0.2) is 25.3 Å². The normalized spacial score (nSPS) is 22.3. The van der Waals surface area contributed by atoms with Gasteiger partial charge in [0.05, 0.1) is 17.8 Å². The second kappa shape index (κ2) is 3.88. The van der Waals surface area contributed by atoms with Crippen LogP contribution in [0.4, 0.5) is 18.9 Å². The number of halogens is 3. The molecule has 0 N–H and O–H groups in total. The van der Waals surface area contributed by atoms with Crippen molar-refractivity contribution in [2.24, 2.45) is 0 Å². The van der Waals surface area contributed by atoms with Crippen LogP contribution in [0.1, 0.15) is 18.4 Å². The Labute approximate surface area is 103 Å². The van der Waals surface area contributed by atoms with E-state index < -0.39 is 11.7 Å². The van der Waals surface area contributed by atoms with Gasteiger partial charge >= 0.3 is 6.18 Å². The zero-order chi connectivity index (χ0) is 12.8. The molecular weight excluding hydrogens is 243 g/mol. The minimum atomic E-state index is -4.26. The summed E-state index contributed by atoms with van der Waals surface area (Å²) in [4.78, 5) is 2.12. The molecule has 1 spiro atoms. The number of ether oxygens (including phenoxy) is 1. The van der Waals surface area contributed by atoms with Gasteiger partial charge in [-0.25, -0.2) is 0 Å². The lowest BCUT2D eigenvalue weighted by atomic mass is 9.97. The van der Waals surface area contributed by atoms with Gasteiger partial charge in [0.15, 0.2) is 0 Å². The average Bonchev–Trinajstić information content (AvgIpc) is 3.09. The molecule has 0 unspecified atom stereocenters. The topological polar surface area (TPSA) is 15.8 Å². The highest BCUT2D eigenvalue weighted by Gasteiger charge is 2.46. The molecule has 2 aliphatic rings. The fourth-order valence-corrected chi connectivity index (χ4v) is 2.42. The summed E-state index contributed by atoms with van der Waals surface area (Å²) in [6.07, 6.45) is -2.33. The van der Waals surface area contributed by atoms with Gasteiger partial charge < -0.3 is 9.64 Å². The van der Waals surface area contributed by atoms with E-state index in [0.717, 1.165) is 50.4 Å². The lowest BCUT2D eigenvalue weighted by Gasteiger charge is -2.32. The molecule has 0 amide bonds. The van der Waals surface area contributed by atoms with E-state index in [1.807, 2.05) is 0 Å². The third kappa shape index (κ3) is 2.19. The molecule has 0 aliphatic carbocycles. The van der Waals surface area contributed by atoms with E-state index >= 15 is 0 Å². The van der Waals surface area contributed by atoms with E-state index in [0.29, 0.717) is 0 Å². The summed E-state index contributed by atoms with van der Waals surface area (Å²) in [5.41, 5.74) is 0.367. The van der Waals surface area contributed by atoms with Crippen LogP contribution in [0.2, 0.25) is 0 Å². The number of hydrogen-bond donors (Lipinski definition) is 0. The van der Waals surface area contributed by atoms with Crippen molar-refractivity contribution in [3.05, 3.63) is 29.8 Å². The van der Waals surface area contributed by atoms with Gasteiger partial charge in [-0.15, -0.1) is 0 Å². The van der Waals surface area contributed by atoms with Gasteiger partial charge in [0.1, 0.15) is 0 Å². The number of anilines is 1. The molecule has 18 heavy (non-hydrogen) atoms. The molecule has 0 radical (unpaired) electrons. The van der Waals surface area contributed by atoms with Crippen LogP contribution >= 0.6 is 0 Å². The van der Waals surface area contributed by atoms with E-state index in [4.69, 9.17) is 4.74 Å². The number of benzene rings is 1. The fraction of sp³-hybridized carbons (Fsp3) is 0.538. The van der Waals surface area contributed by atoms with Crippen LogP contribution < -0.4 is 4.90 Å². The highest BCUT2D eigenvalue weighted by Crippen LogP contribution is 2.39. The fourth-order valence-electron chi connectivity index (χ4n) is 2.42. The molecule has 1 aromatic carbocycles. The minimum absolute atomic E-state index is 0.0996. The maximum absolute atomic E-state index is 12.4. The van der Waals surface area contributed by atoms with Crippen molar-refractivity contribution in [3.63, 3.8) is 0 Å². The highest BCUT2D eigenvalue weighted by molar-refractivity contribution is 5.48. The first-order valence-electron chi connectivity index (χ1n) is 6.05. The van der Waals surface area contributed by atoms with E-state index in [2.05, 4.69) is 4.90 Å². The zero-order valence-electron chi connectivity index (χ0n) is 9.83. The van der Waals surface area contributed by atoms with Gasteiger partial charge in [-0.05, 0) is 37.1 Å². The minimum Gasteiger partial charge on any atom is -0.371 e. The Balaban J connectivity index is 1.69. The smallest absolute Gasteiger partial charge is 0.371 e. The maximum atomic E-state index is 12.4. The summed E-state index contributed by atoms with van der Waals surface area (Å²) < 4.78 is 42.7. The molecule has 5 heteroatoms. The number of alkyl halides is 3. The molecule has 0 bridgehead atoms. The third-order valence-electron chi connectivity index (χ3n) is 3.79. The molecule has 2 fully saturated rings. The molecule has 3 rings (SSSR count). The van der Waals surface area contributed by atoms with Gasteiger partial charge in [-0.3, -0.25) is 0 Å². The molecule has 0 atom stereocenters. The van der Waals surface area contributed by atoms with Crippen LogP contribution in [0.25, 0.3) is 0 Å². The second-order valence-corrected chi connectivity index (χ2v) is 5.00. The molecule has 0 aromatic heterocycles. The molecule has 0 saturated carbocycles. The second-order valence-electron chi connectivity index (χ2n) is 5.00. The molecule has 98 valence electrons. The van der Waals surface area contributed by atoms with Gasteiger partial charge in [-0.2, -0.15) is 13.2 Å². The Bertz CT molecular complexity index is 427. The van der Waals surface area contributed by atoms with E-state index in [9.17, 15) is 13.2 Å². The molecule has 2 nitrogen and oxygen atoms in total. The summed E-state index contributed by atoms with van der Waals surface area (Å²) in [6, 6.07) is 5.39. The van der Waals surface area contributed by atoms with E-state index in [-0.39, 0.29) is 5.60 Å². The predicted octanol–water partition coefficient (Wildman–Crippen LogP) is 3.07. The van der Waals surface area contributed by atoms with Gasteiger partial charge in [0, 0.05) is 18.8 Å². The Morgan fingerprint density at radius 3 is 2.06 bits per heavy atom. The number of nitrogens with zero attached hydrogens (tertiary/aromatic N) is 1. The quantitative estimate of drug-likeness (QED) is 0.719. The number of epoxide rings is 1. The molecule has 2 saturated heterocycles. The van der Waals surface area contributed by atoms with Gasteiger partial charge in [0.25, 0.3) is 0 Å². The van der Waals surface area contributed by atoms with Crippen molar-refractivity contribution in [2.45, 2.75) is 24.6 Å². The Hall–Kier alpha value is -1.23. The number of rotatable bonds is 1. The Morgan fingerprint density at radius 2 is 1.61 bits per heavy atom. The van der Waals surface area contributed by atoms with E-state index in [1.54, 1.807) is 12.1 Å². The molecular formula is C13H14F3NO. The largest absolute Gasteiger partial charge is 0.416 e. The standard InChI is InChI=1S/C13H14F3NO/c14-13(15,16)10-1-3-11(4-2-10)17-7-5-12(6-8-17)9-18-12/h1-4H,5-9H2. The zero-order valence-corrected chi connectivity index (χ0v) is 9.83. The first kappa shape index (κ1) is 11.8. The SMILES string of the molecule is FC(F)(F)c1ccc(N2CCC3(CC2)CO3)cc1. The van der Waals surface area contributed by atoms with Crippen molar-refractivity contribution in [1.82, 2.24) is 0 Å². The highest BCUT2D eigenvalue weighted by atomic mass is 19.4. The van der Waals surface area contributed by atoms with Crippen LogP contribution in [0, 0.1) is 0 Å². The summed E-state index contributed by atoms with van der Waals surface area (Å²) in [5.74, 6) is 0. The first-order chi connectivity index (χ1) is 8.49. The van der Waals surface area contributed by atoms with Crippen LogP contribution in [0.15, 0.2) is 24.3 Å². The predicted molar refractivity (Wildman–Crippen MR) is 61.6 cm³/mol. The van der Waals surface area contributed by atoms with Crippen molar-refractivity contribution in [2.75, 3.05) is 24.6 Å². The first-order valence-corrected chi connectivity index (χ1v) is 6.05. The monoisotopic (exact) mass is 257 g/mol. The van der Waals surface area contributed by atoms with Crippen molar-refractivity contribution in [1.29, 1.82) is 0 Å². The van der Waals surface area contributed by atoms with Gasteiger partial charge in [-0.1, -0.05) is 0 Å².